The molecule has 0 aliphatic rings. The average Bonchev–Trinajstić information content (AvgIpc) is 3.11. The summed E-state index contributed by atoms with van der Waals surface area (Å²) in [4.78, 5) is 12.1. The number of nitrogens with zero attached hydrogens (tertiary/aromatic N) is 2. The van der Waals surface area contributed by atoms with Crippen LogP contribution >= 0.6 is 15.9 Å². The van der Waals surface area contributed by atoms with Crippen molar-refractivity contribution in [3.63, 3.8) is 0 Å². The lowest BCUT2D eigenvalue weighted by atomic mass is 9.88. The molecule has 0 amide bonds. The average molecular weight is 492 g/mol. The van der Waals surface area contributed by atoms with Crippen molar-refractivity contribution in [3.05, 3.63) is 46.7 Å². The van der Waals surface area contributed by atoms with E-state index in [9.17, 15) is 9.35 Å². The van der Waals surface area contributed by atoms with E-state index in [4.69, 9.17) is 0 Å². The van der Waals surface area contributed by atoms with Gasteiger partial charge in [0.2, 0.25) is 0 Å². The molecule has 160 valence electrons. The Hall–Kier alpha value is -1.49. The van der Waals surface area contributed by atoms with Gasteiger partial charge in [-0.2, -0.15) is 13.9 Å². The number of esters is 1. The maximum Gasteiger partial charge on any atom is 0.379 e. The van der Waals surface area contributed by atoms with Crippen molar-refractivity contribution in [2.75, 3.05) is 6.61 Å². The third-order valence-corrected chi connectivity index (χ3v) is 6.44. The molecule has 1 heterocycles. The summed E-state index contributed by atoms with van der Waals surface area (Å²) in [5, 5.41) is 4.15. The second-order valence-corrected chi connectivity index (χ2v) is 10.4. The van der Waals surface area contributed by atoms with Gasteiger partial charge >= 0.3 is 11.9 Å². The molecule has 0 fully saturated rings. The van der Waals surface area contributed by atoms with Crippen LogP contribution in [-0.2, 0) is 26.4 Å². The molecule has 0 unspecified atom stereocenters. The van der Waals surface area contributed by atoms with E-state index in [1.54, 1.807) is 39.0 Å². The predicted molar refractivity (Wildman–Crippen MR) is 111 cm³/mol. The number of aromatic nitrogens is 2. The Balaban J connectivity index is 2.54. The van der Waals surface area contributed by atoms with Gasteiger partial charge < -0.3 is 9.29 Å². The van der Waals surface area contributed by atoms with Crippen LogP contribution in [0.1, 0.15) is 40.2 Å². The van der Waals surface area contributed by atoms with Gasteiger partial charge in [-0.3, -0.25) is 0 Å². The Labute approximate surface area is 180 Å². The fourth-order valence-electron chi connectivity index (χ4n) is 2.41. The number of hydrogen-bond acceptors (Lipinski definition) is 5. The van der Waals surface area contributed by atoms with E-state index in [2.05, 4.69) is 30.5 Å². The predicted octanol–water partition coefficient (Wildman–Crippen LogP) is 4.10. The van der Waals surface area contributed by atoms with Crippen molar-refractivity contribution in [1.29, 1.82) is 0 Å². The normalized spacial score (nSPS) is 15.6. The lowest BCUT2D eigenvalue weighted by molar-refractivity contribution is -0.183. The summed E-state index contributed by atoms with van der Waals surface area (Å²) in [6.45, 7) is 7.29. The first-order valence-electron chi connectivity index (χ1n) is 8.88. The zero-order valence-electron chi connectivity index (χ0n) is 16.8. The molecule has 0 aliphatic heterocycles. The minimum Gasteiger partial charge on any atom is -0.598 e. The largest absolute Gasteiger partial charge is 0.598 e. The summed E-state index contributed by atoms with van der Waals surface area (Å²) in [5.41, 5.74) is -1.70. The van der Waals surface area contributed by atoms with Crippen LogP contribution in [0.3, 0.4) is 0 Å². The molecule has 1 aromatic carbocycles. The van der Waals surface area contributed by atoms with Crippen molar-refractivity contribution in [1.82, 2.24) is 14.5 Å². The van der Waals surface area contributed by atoms with E-state index in [0.717, 1.165) is 11.4 Å². The van der Waals surface area contributed by atoms with E-state index >= 15 is 8.78 Å². The summed E-state index contributed by atoms with van der Waals surface area (Å²) in [7, 11) is 0. The topological polar surface area (TPSA) is 79.2 Å². The van der Waals surface area contributed by atoms with Gasteiger partial charge in [-0.1, -0.05) is 22.0 Å². The Bertz CT molecular complexity index is 872. The molecule has 2 rings (SSSR count). The minimum absolute atomic E-state index is 0.00636. The van der Waals surface area contributed by atoms with Crippen molar-refractivity contribution in [3.8, 4) is 5.69 Å². The first-order valence-corrected chi connectivity index (χ1v) is 10.8. The highest BCUT2D eigenvalue weighted by atomic mass is 79.9. The van der Waals surface area contributed by atoms with Gasteiger partial charge in [-0.15, -0.1) is 4.72 Å². The molecule has 0 saturated carbocycles. The van der Waals surface area contributed by atoms with Crippen molar-refractivity contribution in [2.45, 2.75) is 50.8 Å². The lowest BCUT2D eigenvalue weighted by Crippen LogP contribution is -2.61. The lowest BCUT2D eigenvalue weighted by Gasteiger charge is -2.37. The Kier molecular flexibility index (Phi) is 7.14. The molecular formula is C19H24BrF2N3O3S. The number of rotatable bonds is 7. The molecule has 2 aromatic rings. The molecule has 0 bridgehead atoms. The van der Waals surface area contributed by atoms with Crippen LogP contribution in [-0.4, -0.2) is 37.6 Å². The number of nitrogens with one attached hydrogen (secondary N) is 1. The number of carbonyl (C=O) groups excluding carboxylic acids is 1. The first-order chi connectivity index (χ1) is 13.3. The minimum atomic E-state index is -4.00. The first kappa shape index (κ1) is 23.8. The van der Waals surface area contributed by atoms with E-state index < -0.39 is 33.5 Å². The van der Waals surface area contributed by atoms with Gasteiger partial charge in [0.05, 0.1) is 18.5 Å². The highest BCUT2D eigenvalue weighted by Crippen LogP contribution is 2.40. The molecule has 1 aromatic heterocycles. The summed E-state index contributed by atoms with van der Waals surface area (Å²) in [5.74, 6) is -5.70. The van der Waals surface area contributed by atoms with Crippen molar-refractivity contribution >= 4 is 33.3 Å². The number of benzene rings is 1. The molecule has 0 saturated heterocycles. The summed E-state index contributed by atoms with van der Waals surface area (Å²) < 4.78 is 51.6. The molecular weight excluding hydrogens is 468 g/mol. The highest BCUT2D eigenvalue weighted by Gasteiger charge is 2.62. The number of carbonyl (C=O) groups is 1. The van der Waals surface area contributed by atoms with Gasteiger partial charge in [0, 0.05) is 27.6 Å². The van der Waals surface area contributed by atoms with Gasteiger partial charge in [-0.05, 0) is 52.8 Å². The Morgan fingerprint density at radius 2 is 2.00 bits per heavy atom. The summed E-state index contributed by atoms with van der Waals surface area (Å²) in [6, 6.07) is 7.11. The maximum absolute atomic E-state index is 15.2. The highest BCUT2D eigenvalue weighted by molar-refractivity contribution is 9.10. The second-order valence-electron chi connectivity index (χ2n) is 7.56. The molecule has 2 atom stereocenters. The van der Waals surface area contributed by atoms with E-state index in [1.165, 1.54) is 24.0 Å². The molecule has 1 N–H and O–H groups in total. The zero-order chi connectivity index (χ0) is 22.0. The van der Waals surface area contributed by atoms with Gasteiger partial charge in [0.25, 0.3) is 0 Å². The van der Waals surface area contributed by atoms with E-state index in [-0.39, 0.29) is 12.2 Å². The van der Waals surface area contributed by atoms with Crippen LogP contribution in [0.5, 0.6) is 0 Å². The third-order valence-electron chi connectivity index (χ3n) is 4.25. The molecule has 10 heteroatoms. The number of ether oxygens (including phenoxy) is 1. The second kappa shape index (κ2) is 8.71. The fourth-order valence-corrected chi connectivity index (χ4v) is 3.72. The number of halogens is 3. The van der Waals surface area contributed by atoms with Crippen LogP contribution in [0, 0.1) is 0 Å². The van der Waals surface area contributed by atoms with Crippen molar-refractivity contribution < 1.29 is 22.9 Å². The Morgan fingerprint density at radius 1 is 1.34 bits per heavy atom. The quantitative estimate of drug-likeness (QED) is 0.465. The zero-order valence-corrected chi connectivity index (χ0v) is 19.2. The summed E-state index contributed by atoms with van der Waals surface area (Å²) >= 11 is 1.46. The van der Waals surface area contributed by atoms with Crippen LogP contribution in [0.25, 0.3) is 5.69 Å². The molecule has 6 nitrogen and oxygen atoms in total. The Morgan fingerprint density at radius 3 is 2.55 bits per heavy atom. The fraction of sp³-hybridized carbons (Fsp3) is 0.474. The molecule has 29 heavy (non-hydrogen) atoms. The van der Waals surface area contributed by atoms with Crippen LogP contribution in [0.2, 0.25) is 0 Å². The maximum atomic E-state index is 15.2. The van der Waals surface area contributed by atoms with E-state index in [1.807, 2.05) is 6.07 Å². The van der Waals surface area contributed by atoms with Crippen LogP contribution < -0.4 is 4.72 Å². The molecule has 0 radical (unpaired) electrons. The number of hydrogen-bond donors (Lipinski definition) is 1. The molecule has 0 aliphatic carbocycles. The van der Waals surface area contributed by atoms with Gasteiger partial charge in [-0.25, -0.2) is 9.48 Å². The third kappa shape index (κ3) is 4.99. The van der Waals surface area contributed by atoms with Gasteiger partial charge in [0.15, 0.2) is 5.54 Å². The van der Waals surface area contributed by atoms with Crippen LogP contribution in [0.15, 0.2) is 41.1 Å². The smallest absolute Gasteiger partial charge is 0.379 e. The molecule has 0 spiro atoms. The summed E-state index contributed by atoms with van der Waals surface area (Å²) in [6.07, 6.45) is 2.60. The monoisotopic (exact) mass is 491 g/mol. The number of alkyl halides is 2. The van der Waals surface area contributed by atoms with E-state index in [0.29, 0.717) is 5.69 Å². The van der Waals surface area contributed by atoms with Gasteiger partial charge in [0.1, 0.15) is 4.75 Å². The van der Waals surface area contributed by atoms with Crippen molar-refractivity contribution in [2.24, 2.45) is 0 Å². The SMILES string of the molecule is CCOC(=O)C(F)(F)[C@](C)(N[S@+]([O-])C(C)(C)C)c1cnn(-c2cccc(Br)c2)c1. The van der Waals surface area contributed by atoms with Crippen LogP contribution in [0.4, 0.5) is 8.78 Å². The standard InChI is InChI=1S/C19H24BrF2N3O3S/c1-6-28-16(26)19(21,22)18(5,24-29(27)17(2,3)4)13-11-23-25(12-13)15-9-7-8-14(20)10-15/h7-12,24H,6H2,1-5H3/t18-,29-/m1/s1.